The highest BCUT2D eigenvalue weighted by Gasteiger charge is 2.43. The van der Waals surface area contributed by atoms with Gasteiger partial charge in [0.05, 0.1) is 16.8 Å². The van der Waals surface area contributed by atoms with Crippen LogP contribution in [0.5, 0.6) is 0 Å². The number of fused-ring (bicyclic) bond motifs is 1. The van der Waals surface area contributed by atoms with E-state index in [4.69, 9.17) is 11.6 Å². The Bertz CT molecular complexity index is 984. The summed E-state index contributed by atoms with van der Waals surface area (Å²) in [6.07, 6.45) is 5.47. The number of anilines is 3. The van der Waals surface area contributed by atoms with Crippen molar-refractivity contribution >= 4 is 35.0 Å². The Labute approximate surface area is 186 Å². The normalized spacial score (nSPS) is 22.6. The van der Waals surface area contributed by atoms with Crippen molar-refractivity contribution < 1.29 is 9.18 Å². The summed E-state index contributed by atoms with van der Waals surface area (Å²) in [5, 5.41) is 9.19. The van der Waals surface area contributed by atoms with Crippen molar-refractivity contribution in [2.75, 3.05) is 24.2 Å². The number of hydrogen-bond donors (Lipinski definition) is 3. The number of aromatic nitrogens is 2. The zero-order valence-corrected chi connectivity index (χ0v) is 18.8. The zero-order chi connectivity index (χ0) is 22.2. The minimum absolute atomic E-state index is 0.0744. The van der Waals surface area contributed by atoms with E-state index < -0.39 is 5.82 Å². The molecule has 2 aliphatic heterocycles. The molecule has 2 saturated heterocycles. The van der Waals surface area contributed by atoms with Gasteiger partial charge in [-0.2, -0.15) is 4.98 Å². The van der Waals surface area contributed by atoms with Gasteiger partial charge >= 0.3 is 0 Å². The molecule has 4 rings (SSSR count). The standard InChI is InChI=1S/C22H28ClFN6O/c1-22(2)11-14(9-15-5-4-8-30(15)22)27-19-18(24)12-26-21(29-19)28-13-6-7-16(17(23)10-13)20(31)25-3/h6-7,10,12,14-15H,4-5,8-9,11H2,1-3H3,(H,25,31)(H2,26,27,28,29)/t14-,15-/m1/s1. The smallest absolute Gasteiger partial charge is 0.252 e. The average Bonchev–Trinajstić information content (AvgIpc) is 3.19. The monoisotopic (exact) mass is 446 g/mol. The number of amides is 1. The second-order valence-corrected chi connectivity index (χ2v) is 9.28. The summed E-state index contributed by atoms with van der Waals surface area (Å²) in [5.41, 5.74) is 1.05. The second kappa shape index (κ2) is 8.59. The fourth-order valence-corrected chi connectivity index (χ4v) is 5.15. The minimum atomic E-state index is -0.481. The quantitative estimate of drug-likeness (QED) is 0.638. The number of carbonyl (C=O) groups is 1. The maximum absolute atomic E-state index is 14.5. The topological polar surface area (TPSA) is 82.2 Å². The molecule has 1 amide bonds. The minimum Gasteiger partial charge on any atom is -0.365 e. The Morgan fingerprint density at radius 3 is 2.90 bits per heavy atom. The van der Waals surface area contributed by atoms with Crippen LogP contribution in [0.1, 0.15) is 49.9 Å². The Morgan fingerprint density at radius 1 is 1.35 bits per heavy atom. The lowest BCUT2D eigenvalue weighted by atomic mass is 9.84. The molecule has 2 atom stereocenters. The van der Waals surface area contributed by atoms with Crippen molar-refractivity contribution in [3.63, 3.8) is 0 Å². The first kappa shape index (κ1) is 21.8. The predicted octanol–water partition coefficient (Wildman–Crippen LogP) is 4.19. The fourth-order valence-electron chi connectivity index (χ4n) is 4.88. The van der Waals surface area contributed by atoms with Crippen LogP contribution in [0.3, 0.4) is 0 Å². The van der Waals surface area contributed by atoms with Crippen molar-refractivity contribution in [2.24, 2.45) is 0 Å². The SMILES string of the molecule is CNC(=O)c1ccc(Nc2ncc(F)c(N[C@@H]3C[C@H]4CCCN4C(C)(C)C3)n2)cc1Cl. The first-order valence-electron chi connectivity index (χ1n) is 10.6. The largest absolute Gasteiger partial charge is 0.365 e. The van der Waals surface area contributed by atoms with Crippen LogP contribution >= 0.6 is 11.6 Å². The zero-order valence-electron chi connectivity index (χ0n) is 18.0. The molecule has 7 nitrogen and oxygen atoms in total. The van der Waals surface area contributed by atoms with Gasteiger partial charge in [0.25, 0.3) is 5.91 Å². The summed E-state index contributed by atoms with van der Waals surface area (Å²) in [4.78, 5) is 22.8. The first-order valence-corrected chi connectivity index (χ1v) is 11.0. The summed E-state index contributed by atoms with van der Waals surface area (Å²) < 4.78 is 14.5. The van der Waals surface area contributed by atoms with Crippen LogP contribution < -0.4 is 16.0 Å². The predicted molar refractivity (Wildman–Crippen MR) is 121 cm³/mol. The van der Waals surface area contributed by atoms with Crippen molar-refractivity contribution in [1.82, 2.24) is 20.2 Å². The summed E-state index contributed by atoms with van der Waals surface area (Å²) in [7, 11) is 1.55. The Balaban J connectivity index is 1.49. The molecule has 2 aromatic rings. The van der Waals surface area contributed by atoms with E-state index in [1.807, 2.05) is 0 Å². The molecule has 166 valence electrons. The molecule has 9 heteroatoms. The Morgan fingerprint density at radius 2 is 2.16 bits per heavy atom. The molecule has 3 N–H and O–H groups in total. The summed E-state index contributed by atoms with van der Waals surface area (Å²) in [5.74, 6) is -0.300. The number of nitrogens with one attached hydrogen (secondary N) is 3. The third-order valence-electron chi connectivity index (χ3n) is 6.24. The van der Waals surface area contributed by atoms with Gasteiger partial charge in [-0.15, -0.1) is 0 Å². The number of piperidine rings is 1. The number of halogens is 2. The number of carbonyl (C=O) groups excluding carboxylic acids is 1. The lowest BCUT2D eigenvalue weighted by Gasteiger charge is -2.47. The van der Waals surface area contributed by atoms with Gasteiger partial charge in [0, 0.05) is 30.4 Å². The number of nitrogens with zero attached hydrogens (tertiary/aromatic N) is 3. The van der Waals surface area contributed by atoms with Gasteiger partial charge in [-0.05, 0) is 64.3 Å². The van der Waals surface area contributed by atoms with Gasteiger partial charge < -0.3 is 16.0 Å². The Hall–Kier alpha value is -2.45. The van der Waals surface area contributed by atoms with E-state index in [-0.39, 0.29) is 29.3 Å². The number of rotatable bonds is 5. The molecule has 0 aliphatic carbocycles. The van der Waals surface area contributed by atoms with Crippen LogP contribution in [0.25, 0.3) is 0 Å². The lowest BCUT2D eigenvalue weighted by molar-refractivity contribution is 0.0500. The molecule has 0 unspecified atom stereocenters. The average molecular weight is 447 g/mol. The second-order valence-electron chi connectivity index (χ2n) is 8.87. The van der Waals surface area contributed by atoms with Crippen LogP contribution in [-0.2, 0) is 0 Å². The van der Waals surface area contributed by atoms with E-state index >= 15 is 0 Å². The van der Waals surface area contributed by atoms with E-state index in [1.54, 1.807) is 25.2 Å². The molecular formula is C22H28ClFN6O. The van der Waals surface area contributed by atoms with E-state index in [2.05, 4.69) is 44.7 Å². The number of benzene rings is 1. The molecule has 2 aliphatic rings. The van der Waals surface area contributed by atoms with Gasteiger partial charge in [-0.1, -0.05) is 11.6 Å². The first-order chi connectivity index (χ1) is 14.8. The van der Waals surface area contributed by atoms with E-state index in [1.165, 1.54) is 12.8 Å². The molecule has 0 radical (unpaired) electrons. The van der Waals surface area contributed by atoms with E-state index in [0.29, 0.717) is 22.3 Å². The van der Waals surface area contributed by atoms with Gasteiger partial charge in [-0.25, -0.2) is 9.37 Å². The third kappa shape index (κ3) is 4.60. The van der Waals surface area contributed by atoms with Gasteiger partial charge in [0.2, 0.25) is 5.95 Å². The van der Waals surface area contributed by atoms with Crippen LogP contribution in [0.4, 0.5) is 21.8 Å². The maximum Gasteiger partial charge on any atom is 0.252 e. The van der Waals surface area contributed by atoms with Gasteiger partial charge in [0.1, 0.15) is 0 Å². The van der Waals surface area contributed by atoms with Crippen molar-refractivity contribution in [2.45, 2.75) is 57.2 Å². The third-order valence-corrected chi connectivity index (χ3v) is 6.55. The molecule has 0 saturated carbocycles. The summed E-state index contributed by atoms with van der Waals surface area (Å²) in [6, 6.07) is 5.61. The van der Waals surface area contributed by atoms with Crippen LogP contribution in [0, 0.1) is 5.82 Å². The summed E-state index contributed by atoms with van der Waals surface area (Å²) in [6.45, 7) is 5.66. The molecule has 1 aromatic carbocycles. The van der Waals surface area contributed by atoms with E-state index in [9.17, 15) is 9.18 Å². The molecule has 2 fully saturated rings. The van der Waals surface area contributed by atoms with Crippen molar-refractivity contribution in [3.05, 3.63) is 40.8 Å². The highest BCUT2D eigenvalue weighted by molar-refractivity contribution is 6.34. The fraction of sp³-hybridized carbons (Fsp3) is 0.500. The van der Waals surface area contributed by atoms with Crippen LogP contribution in [0.15, 0.2) is 24.4 Å². The van der Waals surface area contributed by atoms with Crippen molar-refractivity contribution in [1.29, 1.82) is 0 Å². The number of hydrogen-bond acceptors (Lipinski definition) is 6. The lowest BCUT2D eigenvalue weighted by Crippen LogP contribution is -2.55. The highest BCUT2D eigenvalue weighted by Crippen LogP contribution is 2.38. The van der Waals surface area contributed by atoms with E-state index in [0.717, 1.165) is 25.6 Å². The van der Waals surface area contributed by atoms with Gasteiger partial charge in [-0.3, -0.25) is 9.69 Å². The molecule has 0 bridgehead atoms. The molecule has 0 spiro atoms. The van der Waals surface area contributed by atoms with Crippen molar-refractivity contribution in [3.8, 4) is 0 Å². The molecular weight excluding hydrogens is 419 g/mol. The molecule has 3 heterocycles. The molecule has 31 heavy (non-hydrogen) atoms. The van der Waals surface area contributed by atoms with Crippen LogP contribution in [-0.4, -0.2) is 52.0 Å². The van der Waals surface area contributed by atoms with Crippen LogP contribution in [0.2, 0.25) is 5.02 Å². The maximum atomic E-state index is 14.5. The van der Waals surface area contributed by atoms with Gasteiger partial charge in [0.15, 0.2) is 11.6 Å². The molecule has 1 aromatic heterocycles. The highest BCUT2D eigenvalue weighted by atomic mass is 35.5. The summed E-state index contributed by atoms with van der Waals surface area (Å²) >= 11 is 6.21. The Kier molecular flexibility index (Phi) is 6.03.